The maximum atomic E-state index is 2.69. The number of para-hydroxylation sites is 3. The molecule has 0 radical (unpaired) electrons. The topological polar surface area (TPSA) is 9.72 Å². The minimum Gasteiger partial charge on any atom is -0.334 e. The Morgan fingerprint density at radius 1 is 0.537 bits per heavy atom. The van der Waals surface area contributed by atoms with E-state index in [4.69, 9.17) is 0 Å². The molecule has 330 valence electrons. The standard InChI is InChI=1S/C63H60BN3/c1-43-38-47(63(5,6)7)40-57-60(43)64-53-37-36-46(62(2,3)4)39-56(53)66(54-34-22-20-32-51(54)44-24-12-8-13-25-44)58-41-50(65(48-28-16-10-17-29-48)49-30-18-11-19-31-49)42-59(61(58)64)67(57)55-35-23-21-33-52(55)45-26-14-9-15-27-45/h8-30,32-43,49,60H,31H2,1-7H3. The van der Waals surface area contributed by atoms with Crippen molar-refractivity contribution in [1.82, 2.24) is 0 Å². The van der Waals surface area contributed by atoms with Crippen LogP contribution in [0.1, 0.15) is 60.5 Å². The van der Waals surface area contributed by atoms with Gasteiger partial charge in [-0.15, -0.1) is 0 Å². The van der Waals surface area contributed by atoms with E-state index < -0.39 is 0 Å². The summed E-state index contributed by atoms with van der Waals surface area (Å²) in [7, 11) is 0. The molecule has 0 saturated carbocycles. The molecule has 7 aromatic carbocycles. The normalized spacial score (nSPS) is 18.4. The fourth-order valence-electron chi connectivity index (χ4n) is 11.3. The van der Waals surface area contributed by atoms with Gasteiger partial charge in [-0.1, -0.05) is 206 Å². The van der Waals surface area contributed by atoms with Gasteiger partial charge in [-0.25, -0.2) is 0 Å². The molecular formula is C63H60BN3. The van der Waals surface area contributed by atoms with E-state index in [1.165, 1.54) is 84.1 Å². The summed E-state index contributed by atoms with van der Waals surface area (Å²) in [5.74, 6) is 0.416. The second-order valence-electron chi connectivity index (χ2n) is 21.0. The second-order valence-corrected chi connectivity index (χ2v) is 21.0. The first-order chi connectivity index (χ1) is 32.5. The number of allylic oxidation sites excluding steroid dienone is 6. The lowest BCUT2D eigenvalue weighted by Crippen LogP contribution is -2.60. The predicted molar refractivity (Wildman–Crippen MR) is 288 cm³/mol. The number of benzene rings is 7. The molecule has 2 aliphatic carbocycles. The van der Waals surface area contributed by atoms with Crippen molar-refractivity contribution in [2.75, 3.05) is 14.7 Å². The summed E-state index contributed by atoms with van der Waals surface area (Å²) in [6.07, 6.45) is 15.2. The zero-order chi connectivity index (χ0) is 46.0. The average Bonchev–Trinajstić information content (AvgIpc) is 3.34. The molecule has 3 unspecified atom stereocenters. The van der Waals surface area contributed by atoms with Crippen LogP contribution in [0.3, 0.4) is 0 Å². The summed E-state index contributed by atoms with van der Waals surface area (Å²) < 4.78 is 0. The van der Waals surface area contributed by atoms with Crippen LogP contribution in [0.25, 0.3) is 22.3 Å². The van der Waals surface area contributed by atoms with E-state index in [1.807, 2.05) is 0 Å². The predicted octanol–water partition coefficient (Wildman–Crippen LogP) is 15.8. The van der Waals surface area contributed by atoms with Crippen LogP contribution in [0.4, 0.5) is 39.8 Å². The van der Waals surface area contributed by atoms with Crippen molar-refractivity contribution in [3.05, 3.63) is 223 Å². The van der Waals surface area contributed by atoms with Crippen LogP contribution in [0.2, 0.25) is 5.82 Å². The van der Waals surface area contributed by atoms with Crippen LogP contribution in [0, 0.1) is 11.3 Å². The summed E-state index contributed by atoms with van der Waals surface area (Å²) in [4.78, 5) is 7.92. The highest BCUT2D eigenvalue weighted by atomic mass is 15.2. The third-order valence-corrected chi connectivity index (χ3v) is 14.6. The summed E-state index contributed by atoms with van der Waals surface area (Å²) in [5.41, 5.74) is 20.0. The minimum atomic E-state index is -0.0596. The van der Waals surface area contributed by atoms with Gasteiger partial charge in [0.25, 0.3) is 0 Å². The highest BCUT2D eigenvalue weighted by Crippen LogP contribution is 2.56. The number of fused-ring (bicyclic) bond motifs is 4. The summed E-state index contributed by atoms with van der Waals surface area (Å²) in [6.45, 7) is 16.7. The summed E-state index contributed by atoms with van der Waals surface area (Å²) in [6, 6.07) is 63.8. The lowest BCUT2D eigenvalue weighted by molar-refractivity contribution is 0.499. The van der Waals surface area contributed by atoms with E-state index in [0.717, 1.165) is 12.1 Å². The lowest BCUT2D eigenvalue weighted by Gasteiger charge is -2.51. The van der Waals surface area contributed by atoms with Crippen LogP contribution >= 0.6 is 0 Å². The van der Waals surface area contributed by atoms with Gasteiger partial charge in [0.1, 0.15) is 0 Å². The molecule has 4 aliphatic rings. The maximum Gasteiger partial charge on any atom is 0.227 e. The van der Waals surface area contributed by atoms with Crippen molar-refractivity contribution >= 4 is 57.5 Å². The Balaban J connectivity index is 1.30. The molecule has 3 atom stereocenters. The summed E-state index contributed by atoms with van der Waals surface area (Å²) in [5, 5.41) is 0. The van der Waals surface area contributed by atoms with Gasteiger partial charge in [0.05, 0.1) is 17.4 Å². The van der Waals surface area contributed by atoms with Gasteiger partial charge in [-0.3, -0.25) is 0 Å². The van der Waals surface area contributed by atoms with Crippen LogP contribution < -0.4 is 25.6 Å². The smallest absolute Gasteiger partial charge is 0.227 e. The van der Waals surface area contributed by atoms with Gasteiger partial charge in [0, 0.05) is 45.3 Å². The first-order valence-electron chi connectivity index (χ1n) is 24.3. The second kappa shape index (κ2) is 16.7. The van der Waals surface area contributed by atoms with Crippen molar-refractivity contribution < 1.29 is 0 Å². The van der Waals surface area contributed by atoms with Crippen LogP contribution in [-0.2, 0) is 5.41 Å². The van der Waals surface area contributed by atoms with Gasteiger partial charge in [-0.05, 0) is 111 Å². The maximum absolute atomic E-state index is 2.69. The van der Waals surface area contributed by atoms with Crippen LogP contribution in [-0.4, -0.2) is 12.8 Å². The number of anilines is 7. The molecule has 11 rings (SSSR count). The van der Waals surface area contributed by atoms with Crippen molar-refractivity contribution in [2.45, 2.75) is 72.2 Å². The van der Waals surface area contributed by atoms with Crippen molar-refractivity contribution in [1.29, 1.82) is 0 Å². The third-order valence-electron chi connectivity index (χ3n) is 14.6. The Morgan fingerprint density at radius 3 is 1.69 bits per heavy atom. The first-order valence-corrected chi connectivity index (χ1v) is 24.3. The van der Waals surface area contributed by atoms with E-state index in [-0.39, 0.29) is 35.3 Å². The van der Waals surface area contributed by atoms with Crippen LogP contribution in [0.15, 0.2) is 218 Å². The molecule has 2 heterocycles. The SMILES string of the molecule is CC1C=C(C(C)(C)C)C=C2C1B1c3ccc(C(C)(C)C)cc3N(c3ccccc3-c3ccccc3)c3cc(N(c4ccccc4)C4C=CC=CC4)cc(c31)N2c1ccccc1-c1ccccc1. The fourth-order valence-corrected chi connectivity index (χ4v) is 11.3. The molecule has 67 heavy (non-hydrogen) atoms. The Morgan fingerprint density at radius 2 is 1.10 bits per heavy atom. The number of nitrogens with zero attached hydrogens (tertiary/aromatic N) is 3. The van der Waals surface area contributed by atoms with E-state index in [9.17, 15) is 0 Å². The molecule has 0 aromatic heterocycles. The molecular weight excluding hydrogens is 810 g/mol. The number of hydrogen-bond donors (Lipinski definition) is 0. The monoisotopic (exact) mass is 869 g/mol. The molecule has 0 amide bonds. The molecule has 3 nitrogen and oxygen atoms in total. The fraction of sp³-hybridized carbons (Fsp3) is 0.206. The molecule has 0 fully saturated rings. The molecule has 0 spiro atoms. The van der Waals surface area contributed by atoms with E-state index in [0.29, 0.717) is 0 Å². The van der Waals surface area contributed by atoms with Gasteiger partial charge in [-0.2, -0.15) is 0 Å². The van der Waals surface area contributed by atoms with Crippen molar-refractivity contribution in [3.63, 3.8) is 0 Å². The molecule has 4 heteroatoms. The Hall–Kier alpha value is -7.04. The van der Waals surface area contributed by atoms with E-state index in [2.05, 4.69) is 269 Å². The molecule has 7 aromatic rings. The van der Waals surface area contributed by atoms with E-state index >= 15 is 0 Å². The number of hydrogen-bond acceptors (Lipinski definition) is 3. The van der Waals surface area contributed by atoms with Gasteiger partial charge in [0.15, 0.2) is 0 Å². The Labute approximate surface area is 399 Å². The number of rotatable bonds is 7. The average molecular weight is 870 g/mol. The highest BCUT2D eigenvalue weighted by Gasteiger charge is 2.51. The van der Waals surface area contributed by atoms with Crippen molar-refractivity contribution in [3.8, 4) is 22.3 Å². The Kier molecular flexibility index (Phi) is 10.6. The summed E-state index contributed by atoms with van der Waals surface area (Å²) >= 11 is 0. The minimum absolute atomic E-state index is 0.0426. The largest absolute Gasteiger partial charge is 0.334 e. The van der Waals surface area contributed by atoms with Crippen molar-refractivity contribution in [2.24, 2.45) is 11.3 Å². The highest BCUT2D eigenvalue weighted by molar-refractivity contribution is 6.91. The van der Waals surface area contributed by atoms with Crippen LogP contribution in [0.5, 0.6) is 0 Å². The molecule has 0 bridgehead atoms. The van der Waals surface area contributed by atoms with E-state index in [1.54, 1.807) is 0 Å². The molecule has 2 aliphatic heterocycles. The third kappa shape index (κ3) is 7.48. The lowest BCUT2D eigenvalue weighted by atomic mass is 9.28. The van der Waals surface area contributed by atoms with Gasteiger partial charge < -0.3 is 14.7 Å². The zero-order valence-electron chi connectivity index (χ0n) is 40.0. The quantitative estimate of drug-likeness (QED) is 0.148. The Bertz CT molecular complexity index is 3110. The van der Waals surface area contributed by atoms with Gasteiger partial charge >= 0.3 is 0 Å². The first kappa shape index (κ1) is 42.6. The zero-order valence-corrected chi connectivity index (χ0v) is 40.0. The van der Waals surface area contributed by atoms with Gasteiger partial charge in [0.2, 0.25) is 6.71 Å². The molecule has 0 saturated heterocycles. The molecule has 0 N–H and O–H groups in total.